The van der Waals surface area contributed by atoms with Crippen LogP contribution in [0.1, 0.15) is 12.5 Å². The summed E-state index contributed by atoms with van der Waals surface area (Å²) < 4.78 is 0. The van der Waals surface area contributed by atoms with Crippen molar-refractivity contribution in [3.8, 4) is 11.3 Å². The van der Waals surface area contributed by atoms with Gasteiger partial charge in [0.15, 0.2) is 5.82 Å². The first-order valence-electron chi connectivity index (χ1n) is 5.81. The van der Waals surface area contributed by atoms with Crippen molar-refractivity contribution >= 4 is 5.82 Å². The van der Waals surface area contributed by atoms with Crippen LogP contribution in [0, 0.1) is 6.92 Å². The van der Waals surface area contributed by atoms with E-state index >= 15 is 0 Å². The summed E-state index contributed by atoms with van der Waals surface area (Å²) in [5.41, 5.74) is 3.30. The fourth-order valence-electron chi connectivity index (χ4n) is 1.76. The van der Waals surface area contributed by atoms with Gasteiger partial charge in [-0.3, -0.25) is 4.98 Å². The van der Waals surface area contributed by atoms with Gasteiger partial charge in [-0.25, -0.2) is 4.98 Å². The molecule has 0 amide bonds. The largest absolute Gasteiger partial charge is 0.358 e. The first-order chi connectivity index (χ1) is 8.22. The second-order valence-electron chi connectivity index (χ2n) is 4.11. The Morgan fingerprint density at radius 2 is 1.94 bits per heavy atom. The van der Waals surface area contributed by atoms with Crippen LogP contribution in [0.3, 0.4) is 0 Å². The number of benzene rings is 1. The lowest BCUT2D eigenvalue weighted by atomic mass is 10.1. The highest BCUT2D eigenvalue weighted by Gasteiger charge is 2.10. The molecule has 17 heavy (non-hydrogen) atoms. The molecule has 0 unspecified atom stereocenters. The molecule has 0 aliphatic rings. The number of anilines is 1. The minimum atomic E-state index is 0.914. The van der Waals surface area contributed by atoms with Crippen molar-refractivity contribution in [2.24, 2.45) is 0 Å². The Balaban J connectivity index is 2.52. The lowest BCUT2D eigenvalue weighted by Gasteiger charge is -2.18. The van der Waals surface area contributed by atoms with Crippen LogP contribution in [0.15, 0.2) is 36.7 Å². The number of aryl methyl sites for hydroxylation is 1. The Hall–Kier alpha value is -1.90. The zero-order valence-corrected chi connectivity index (χ0v) is 10.5. The predicted octanol–water partition coefficient (Wildman–Crippen LogP) is 2.91. The van der Waals surface area contributed by atoms with Gasteiger partial charge in [0.1, 0.15) is 5.69 Å². The van der Waals surface area contributed by atoms with E-state index in [-0.39, 0.29) is 0 Å². The van der Waals surface area contributed by atoms with Gasteiger partial charge in [-0.1, -0.05) is 23.8 Å². The van der Waals surface area contributed by atoms with Crippen LogP contribution < -0.4 is 4.90 Å². The van der Waals surface area contributed by atoms with Crippen molar-refractivity contribution in [2.75, 3.05) is 18.5 Å². The topological polar surface area (TPSA) is 29.0 Å². The third-order valence-corrected chi connectivity index (χ3v) is 2.81. The number of aromatic nitrogens is 2. The Bertz CT molecular complexity index is 508. The van der Waals surface area contributed by atoms with Gasteiger partial charge in [-0.05, 0) is 19.9 Å². The standard InChI is InChI=1S/C14H17N3/c1-4-17(3)14-13(15-8-9-16-14)12-7-5-6-11(2)10-12/h5-10H,4H2,1-3H3. The van der Waals surface area contributed by atoms with E-state index in [1.165, 1.54) is 5.56 Å². The highest BCUT2D eigenvalue weighted by atomic mass is 15.2. The van der Waals surface area contributed by atoms with Crippen LogP contribution in [0.2, 0.25) is 0 Å². The van der Waals surface area contributed by atoms with E-state index in [0.29, 0.717) is 0 Å². The molecule has 0 spiro atoms. The van der Waals surface area contributed by atoms with Gasteiger partial charge in [0.05, 0.1) is 0 Å². The molecule has 2 rings (SSSR count). The smallest absolute Gasteiger partial charge is 0.154 e. The first kappa shape index (κ1) is 11.6. The van der Waals surface area contributed by atoms with E-state index in [9.17, 15) is 0 Å². The van der Waals surface area contributed by atoms with Crippen molar-refractivity contribution in [2.45, 2.75) is 13.8 Å². The maximum Gasteiger partial charge on any atom is 0.154 e. The average Bonchev–Trinajstić information content (AvgIpc) is 2.38. The van der Waals surface area contributed by atoms with Crippen LogP contribution in [-0.2, 0) is 0 Å². The zero-order valence-electron chi connectivity index (χ0n) is 10.5. The zero-order chi connectivity index (χ0) is 12.3. The molecule has 1 heterocycles. The molecule has 0 aliphatic heterocycles. The molecule has 2 aromatic rings. The van der Waals surface area contributed by atoms with Gasteiger partial charge in [0.2, 0.25) is 0 Å². The summed E-state index contributed by atoms with van der Waals surface area (Å²) in [5, 5.41) is 0. The van der Waals surface area contributed by atoms with Crippen molar-refractivity contribution in [3.63, 3.8) is 0 Å². The summed E-state index contributed by atoms with van der Waals surface area (Å²) in [7, 11) is 2.03. The van der Waals surface area contributed by atoms with Gasteiger partial charge < -0.3 is 4.90 Å². The van der Waals surface area contributed by atoms with Crippen molar-refractivity contribution in [1.29, 1.82) is 0 Å². The molecule has 0 saturated carbocycles. The minimum Gasteiger partial charge on any atom is -0.358 e. The third kappa shape index (κ3) is 2.44. The lowest BCUT2D eigenvalue weighted by molar-refractivity contribution is 0.930. The second kappa shape index (κ2) is 4.95. The molecule has 0 aliphatic carbocycles. The maximum absolute atomic E-state index is 4.45. The molecule has 3 nitrogen and oxygen atoms in total. The van der Waals surface area contributed by atoms with E-state index in [2.05, 4.69) is 53.0 Å². The van der Waals surface area contributed by atoms with E-state index in [4.69, 9.17) is 0 Å². The molecule has 0 saturated heterocycles. The van der Waals surface area contributed by atoms with E-state index in [0.717, 1.165) is 23.6 Å². The molecule has 0 N–H and O–H groups in total. The molecule has 0 fully saturated rings. The van der Waals surface area contributed by atoms with Gasteiger partial charge in [0, 0.05) is 31.5 Å². The average molecular weight is 227 g/mol. The summed E-state index contributed by atoms with van der Waals surface area (Å²) >= 11 is 0. The maximum atomic E-state index is 4.45. The highest BCUT2D eigenvalue weighted by Crippen LogP contribution is 2.26. The Labute approximate surface area is 102 Å². The van der Waals surface area contributed by atoms with Gasteiger partial charge in [-0.2, -0.15) is 0 Å². The normalized spacial score (nSPS) is 10.3. The Kier molecular flexibility index (Phi) is 3.38. The van der Waals surface area contributed by atoms with E-state index in [1.807, 2.05) is 7.05 Å². The molecule has 1 aromatic carbocycles. The fraction of sp³-hybridized carbons (Fsp3) is 0.286. The van der Waals surface area contributed by atoms with Crippen LogP contribution in [-0.4, -0.2) is 23.6 Å². The molecular weight excluding hydrogens is 210 g/mol. The Morgan fingerprint density at radius 3 is 2.65 bits per heavy atom. The molecule has 0 radical (unpaired) electrons. The summed E-state index contributed by atoms with van der Waals surface area (Å²) in [4.78, 5) is 11.0. The van der Waals surface area contributed by atoms with Gasteiger partial charge in [0.25, 0.3) is 0 Å². The quantitative estimate of drug-likeness (QED) is 0.807. The van der Waals surface area contributed by atoms with Crippen LogP contribution in [0.25, 0.3) is 11.3 Å². The first-order valence-corrected chi connectivity index (χ1v) is 5.81. The predicted molar refractivity (Wildman–Crippen MR) is 71.1 cm³/mol. The molecule has 3 heteroatoms. The Morgan fingerprint density at radius 1 is 1.18 bits per heavy atom. The summed E-state index contributed by atoms with van der Waals surface area (Å²) in [6.45, 7) is 5.11. The van der Waals surface area contributed by atoms with Gasteiger partial charge >= 0.3 is 0 Å². The van der Waals surface area contributed by atoms with Crippen molar-refractivity contribution in [3.05, 3.63) is 42.2 Å². The summed E-state index contributed by atoms with van der Waals surface area (Å²) in [6, 6.07) is 8.35. The number of hydrogen-bond acceptors (Lipinski definition) is 3. The molecule has 0 atom stereocenters. The summed E-state index contributed by atoms with van der Waals surface area (Å²) in [5.74, 6) is 0.931. The van der Waals surface area contributed by atoms with Crippen molar-refractivity contribution in [1.82, 2.24) is 9.97 Å². The van der Waals surface area contributed by atoms with Crippen LogP contribution in [0.5, 0.6) is 0 Å². The number of nitrogens with zero attached hydrogens (tertiary/aromatic N) is 3. The van der Waals surface area contributed by atoms with Crippen molar-refractivity contribution < 1.29 is 0 Å². The monoisotopic (exact) mass is 227 g/mol. The van der Waals surface area contributed by atoms with E-state index < -0.39 is 0 Å². The molecule has 1 aromatic heterocycles. The molecule has 88 valence electrons. The second-order valence-corrected chi connectivity index (χ2v) is 4.11. The molecule has 0 bridgehead atoms. The molecular formula is C14H17N3. The number of hydrogen-bond donors (Lipinski definition) is 0. The lowest BCUT2D eigenvalue weighted by Crippen LogP contribution is -2.18. The van der Waals surface area contributed by atoms with Crippen LogP contribution >= 0.6 is 0 Å². The minimum absolute atomic E-state index is 0.914. The third-order valence-electron chi connectivity index (χ3n) is 2.81. The SMILES string of the molecule is CCN(C)c1nccnc1-c1cccc(C)c1. The summed E-state index contributed by atoms with van der Waals surface area (Å²) in [6.07, 6.45) is 3.48. The van der Waals surface area contributed by atoms with Crippen LogP contribution in [0.4, 0.5) is 5.82 Å². The van der Waals surface area contributed by atoms with Gasteiger partial charge in [-0.15, -0.1) is 0 Å². The highest BCUT2D eigenvalue weighted by molar-refractivity contribution is 5.72. The number of rotatable bonds is 3. The van der Waals surface area contributed by atoms with E-state index in [1.54, 1.807) is 12.4 Å². The fourth-order valence-corrected chi connectivity index (χ4v) is 1.76.